The molecule has 0 radical (unpaired) electrons. The van der Waals surface area contributed by atoms with E-state index in [-0.39, 0.29) is 13.2 Å². The molecule has 44 heavy (non-hydrogen) atoms. The van der Waals surface area contributed by atoms with Gasteiger partial charge in [-0.15, -0.1) is 0 Å². The van der Waals surface area contributed by atoms with Crippen molar-refractivity contribution in [3.63, 3.8) is 0 Å². The van der Waals surface area contributed by atoms with Crippen LogP contribution in [0.2, 0.25) is 0 Å². The molecule has 1 aromatic heterocycles. The van der Waals surface area contributed by atoms with Gasteiger partial charge < -0.3 is 29.9 Å². The van der Waals surface area contributed by atoms with E-state index in [0.29, 0.717) is 36.4 Å². The zero-order chi connectivity index (χ0) is 31.9. The van der Waals surface area contributed by atoms with Crippen molar-refractivity contribution in [1.82, 2.24) is 25.4 Å². The molecule has 3 rings (SSSR count). The van der Waals surface area contributed by atoms with Gasteiger partial charge in [0.25, 0.3) is 0 Å². The number of alkyl carbamates (subject to hydrolysis) is 2. The summed E-state index contributed by atoms with van der Waals surface area (Å²) in [6.07, 6.45) is 0.522. The topological polar surface area (TPSA) is 145 Å². The fourth-order valence-electron chi connectivity index (χ4n) is 4.16. The van der Waals surface area contributed by atoms with Gasteiger partial charge in [-0.3, -0.25) is 20.6 Å². The predicted molar refractivity (Wildman–Crippen MR) is 178 cm³/mol. The molecule has 0 bridgehead atoms. The minimum absolute atomic E-state index is 0.256. The van der Waals surface area contributed by atoms with E-state index in [1.54, 1.807) is 13.8 Å². The number of pyridine rings is 1. The molecule has 0 spiro atoms. The van der Waals surface area contributed by atoms with Crippen molar-refractivity contribution in [3.8, 4) is 0 Å². The molecule has 1 heterocycles. The van der Waals surface area contributed by atoms with Gasteiger partial charge in [0.05, 0.1) is 24.2 Å². The lowest BCUT2D eigenvalue weighted by Crippen LogP contribution is -2.36. The fraction of sp³-hybridized carbons (Fsp3) is 0.452. The van der Waals surface area contributed by atoms with Crippen LogP contribution in [-0.4, -0.2) is 106 Å². The van der Waals surface area contributed by atoms with Crippen LogP contribution in [0.1, 0.15) is 26.7 Å². The van der Waals surface area contributed by atoms with E-state index < -0.39 is 12.2 Å². The molecule has 0 aliphatic carbocycles. The normalized spacial score (nSPS) is 12.1. The third-order valence-electron chi connectivity index (χ3n) is 6.20. The molecular formula is C31H45N9O4. The van der Waals surface area contributed by atoms with E-state index in [9.17, 15) is 9.59 Å². The van der Waals surface area contributed by atoms with Crippen LogP contribution in [0.25, 0.3) is 21.8 Å². The molecule has 0 saturated carbocycles. The summed E-state index contributed by atoms with van der Waals surface area (Å²) in [6, 6.07) is 13.6. The molecule has 13 heteroatoms. The third kappa shape index (κ3) is 11.7. The van der Waals surface area contributed by atoms with Crippen molar-refractivity contribution in [1.29, 1.82) is 0 Å². The van der Waals surface area contributed by atoms with Gasteiger partial charge in [0.15, 0.2) is 0 Å². The van der Waals surface area contributed by atoms with Crippen LogP contribution in [0.5, 0.6) is 0 Å². The number of carbonyl (C=O) groups excluding carboxylic acids is 2. The zero-order valence-corrected chi connectivity index (χ0v) is 26.6. The Morgan fingerprint density at radius 3 is 1.52 bits per heavy atom. The second-order valence-electron chi connectivity index (χ2n) is 10.5. The number of guanidine groups is 2. The number of carbonyl (C=O) groups is 2. The average molecular weight is 608 g/mol. The number of amides is 2. The monoisotopic (exact) mass is 607 g/mol. The standard InChI is InChI=1S/C31H45N9O4/c1-7-43-30(41)37-28(32-15-9-17-39(3)4)34-24-13-11-22-19-23-12-14-25(21-27(23)36-26(22)20-24)35-29(38-31(42)44-8-2)33-16-10-18-40(5)6/h11-14,19-21H,7-10,15-18H2,1-6H3,(H2,32,34,37,41)(H2,33,35,38,42). The van der Waals surface area contributed by atoms with Crippen LogP contribution in [0.4, 0.5) is 21.0 Å². The summed E-state index contributed by atoms with van der Waals surface area (Å²) in [5.74, 6) is 0.612. The first-order valence-corrected chi connectivity index (χ1v) is 14.8. The van der Waals surface area contributed by atoms with E-state index in [1.807, 2.05) is 64.6 Å². The molecule has 4 N–H and O–H groups in total. The lowest BCUT2D eigenvalue weighted by Gasteiger charge is -2.14. The number of anilines is 2. The molecule has 0 aliphatic heterocycles. The number of rotatable bonds is 12. The number of ether oxygens (including phenoxy) is 2. The minimum Gasteiger partial charge on any atom is -0.450 e. The molecule has 0 aliphatic rings. The highest BCUT2D eigenvalue weighted by Crippen LogP contribution is 2.25. The Hall–Kier alpha value is -4.49. The molecule has 0 fully saturated rings. The number of nitrogens with zero attached hydrogens (tertiary/aromatic N) is 5. The molecule has 2 aromatic carbocycles. The molecule has 238 valence electrons. The average Bonchev–Trinajstić information content (AvgIpc) is 2.96. The Balaban J connectivity index is 1.83. The van der Waals surface area contributed by atoms with Crippen molar-refractivity contribution in [2.75, 3.05) is 78.2 Å². The first kappa shape index (κ1) is 34.0. The number of aromatic nitrogens is 1. The van der Waals surface area contributed by atoms with Crippen molar-refractivity contribution in [2.24, 2.45) is 9.98 Å². The van der Waals surface area contributed by atoms with E-state index in [2.05, 4.69) is 47.1 Å². The third-order valence-corrected chi connectivity index (χ3v) is 6.20. The van der Waals surface area contributed by atoms with E-state index >= 15 is 0 Å². The number of fused-ring (bicyclic) bond motifs is 2. The smallest absolute Gasteiger partial charge is 0.413 e. The van der Waals surface area contributed by atoms with E-state index in [1.165, 1.54) is 0 Å². The Kier molecular flexibility index (Phi) is 13.6. The number of hydrogen-bond acceptors (Lipinski definition) is 9. The SMILES string of the molecule is CCOC(=O)NC(=NCCCN(C)C)Nc1ccc2cc3ccc(NC(=NCCCN(C)C)NC(=O)OCC)cc3nc2c1. The van der Waals surface area contributed by atoms with Gasteiger partial charge in [0.2, 0.25) is 11.9 Å². The number of nitrogens with one attached hydrogen (secondary N) is 4. The molecule has 13 nitrogen and oxygen atoms in total. The zero-order valence-electron chi connectivity index (χ0n) is 26.6. The van der Waals surface area contributed by atoms with Crippen molar-refractivity contribution in [2.45, 2.75) is 26.7 Å². The highest BCUT2D eigenvalue weighted by molar-refractivity contribution is 6.05. The lowest BCUT2D eigenvalue weighted by atomic mass is 10.1. The van der Waals surface area contributed by atoms with Gasteiger partial charge in [-0.1, -0.05) is 12.1 Å². The first-order valence-electron chi connectivity index (χ1n) is 14.8. The van der Waals surface area contributed by atoms with Gasteiger partial charge in [-0.05, 0) is 98.3 Å². The Morgan fingerprint density at radius 2 is 1.14 bits per heavy atom. The summed E-state index contributed by atoms with van der Waals surface area (Å²) in [4.78, 5) is 42.4. The number of hydrogen-bond donors (Lipinski definition) is 4. The van der Waals surface area contributed by atoms with Crippen molar-refractivity contribution < 1.29 is 19.1 Å². The molecule has 0 atom stereocenters. The maximum atomic E-state index is 12.1. The van der Waals surface area contributed by atoms with Crippen LogP contribution in [0.3, 0.4) is 0 Å². The maximum absolute atomic E-state index is 12.1. The van der Waals surface area contributed by atoms with E-state index in [4.69, 9.17) is 14.5 Å². The summed E-state index contributed by atoms with van der Waals surface area (Å²) >= 11 is 0. The van der Waals surface area contributed by atoms with Crippen molar-refractivity contribution in [3.05, 3.63) is 42.5 Å². The van der Waals surface area contributed by atoms with Crippen LogP contribution in [-0.2, 0) is 9.47 Å². The van der Waals surface area contributed by atoms with Gasteiger partial charge in [-0.2, -0.15) is 0 Å². The molecule has 0 saturated heterocycles. The van der Waals surface area contributed by atoms with Gasteiger partial charge in [-0.25, -0.2) is 14.6 Å². The predicted octanol–water partition coefficient (Wildman–Crippen LogP) is 4.32. The summed E-state index contributed by atoms with van der Waals surface area (Å²) < 4.78 is 10.1. The quantitative estimate of drug-likeness (QED) is 0.102. The maximum Gasteiger partial charge on any atom is 0.413 e. The summed E-state index contributed by atoms with van der Waals surface area (Å²) in [7, 11) is 8.02. The Bertz CT molecular complexity index is 1350. The van der Waals surface area contributed by atoms with Crippen LogP contribution in [0, 0.1) is 0 Å². The fourth-order valence-corrected chi connectivity index (χ4v) is 4.16. The second-order valence-corrected chi connectivity index (χ2v) is 10.5. The highest BCUT2D eigenvalue weighted by Gasteiger charge is 2.11. The Morgan fingerprint density at radius 1 is 0.705 bits per heavy atom. The minimum atomic E-state index is -0.575. The lowest BCUT2D eigenvalue weighted by molar-refractivity contribution is 0.156. The van der Waals surface area contributed by atoms with Gasteiger partial charge >= 0.3 is 12.2 Å². The summed E-state index contributed by atoms with van der Waals surface area (Å²) in [5.41, 5.74) is 2.94. The molecular weight excluding hydrogens is 562 g/mol. The van der Waals surface area contributed by atoms with Crippen LogP contribution >= 0.6 is 0 Å². The largest absolute Gasteiger partial charge is 0.450 e. The van der Waals surface area contributed by atoms with Crippen LogP contribution < -0.4 is 21.3 Å². The Labute approximate surface area is 259 Å². The van der Waals surface area contributed by atoms with Gasteiger partial charge in [0.1, 0.15) is 0 Å². The van der Waals surface area contributed by atoms with Crippen LogP contribution in [0.15, 0.2) is 52.4 Å². The second kappa shape index (κ2) is 17.6. The van der Waals surface area contributed by atoms with Crippen molar-refractivity contribution >= 4 is 57.3 Å². The first-order chi connectivity index (χ1) is 21.2. The van der Waals surface area contributed by atoms with Gasteiger partial charge in [0, 0.05) is 35.2 Å². The summed E-state index contributed by atoms with van der Waals surface area (Å²) in [6.45, 7) is 6.83. The molecule has 2 amide bonds. The molecule has 3 aromatic rings. The number of aliphatic imine (C=N–C) groups is 2. The summed E-state index contributed by atoms with van der Waals surface area (Å²) in [5, 5.41) is 13.7. The van der Waals surface area contributed by atoms with E-state index in [0.717, 1.165) is 47.7 Å². The molecule has 0 unspecified atom stereocenters. The highest BCUT2D eigenvalue weighted by atomic mass is 16.6. The number of benzene rings is 2.